The van der Waals surface area contributed by atoms with E-state index in [0.717, 1.165) is 11.8 Å². The third-order valence-electron chi connectivity index (χ3n) is 7.42. The van der Waals surface area contributed by atoms with Crippen LogP contribution in [0, 0.1) is 16.7 Å². The molecule has 2 aromatic carbocycles. The molecular weight excluding hydrogens is 264 g/mol. The van der Waals surface area contributed by atoms with E-state index in [0.29, 0.717) is 10.8 Å². The fraction of sp³-hybridized carbons (Fsp3) is 0.545. The van der Waals surface area contributed by atoms with Gasteiger partial charge in [-0.2, -0.15) is 0 Å². The fourth-order valence-corrected chi connectivity index (χ4v) is 5.26. The van der Waals surface area contributed by atoms with E-state index < -0.39 is 0 Å². The largest absolute Gasteiger partial charge is 0.0616 e. The van der Waals surface area contributed by atoms with E-state index in [1.165, 1.54) is 36.5 Å². The average Bonchev–Trinajstić information content (AvgIpc) is 2.50. The van der Waals surface area contributed by atoms with Gasteiger partial charge in [0.05, 0.1) is 0 Å². The lowest BCUT2D eigenvalue weighted by atomic mass is 9.48. The van der Waals surface area contributed by atoms with Crippen molar-refractivity contribution < 1.29 is 0 Å². The lowest BCUT2D eigenvalue weighted by molar-refractivity contribution is -0.0309. The third kappa shape index (κ3) is 1.82. The standard InChI is InChI=1S/C22H28/c1-21(2)14-13-19-18-10-9-15-7-5-6-8-16(15)17(18)11-12-20(19)22(21,3)4/h5-10,19-20H,11-14H2,1-4H3. The van der Waals surface area contributed by atoms with E-state index in [2.05, 4.69) is 64.1 Å². The van der Waals surface area contributed by atoms with Gasteiger partial charge < -0.3 is 0 Å². The van der Waals surface area contributed by atoms with Crippen LogP contribution in [0.2, 0.25) is 0 Å². The van der Waals surface area contributed by atoms with Crippen LogP contribution in [-0.2, 0) is 6.42 Å². The first-order valence-corrected chi connectivity index (χ1v) is 8.92. The molecule has 0 spiro atoms. The summed E-state index contributed by atoms with van der Waals surface area (Å²) in [4.78, 5) is 0. The quantitative estimate of drug-likeness (QED) is 0.532. The van der Waals surface area contributed by atoms with E-state index in [1.807, 2.05) is 0 Å². The summed E-state index contributed by atoms with van der Waals surface area (Å²) in [5.74, 6) is 1.61. The molecule has 0 heteroatoms. The maximum Gasteiger partial charge on any atom is -0.0125 e. The van der Waals surface area contributed by atoms with E-state index in [4.69, 9.17) is 0 Å². The predicted molar refractivity (Wildman–Crippen MR) is 95.3 cm³/mol. The van der Waals surface area contributed by atoms with Crippen molar-refractivity contribution in [3.8, 4) is 0 Å². The average molecular weight is 292 g/mol. The van der Waals surface area contributed by atoms with Gasteiger partial charge in [0.2, 0.25) is 0 Å². The smallest absolute Gasteiger partial charge is 0.0125 e. The maximum atomic E-state index is 2.52. The molecule has 2 aliphatic rings. The molecule has 2 unspecified atom stereocenters. The van der Waals surface area contributed by atoms with Crippen LogP contribution in [0.4, 0.5) is 0 Å². The summed E-state index contributed by atoms with van der Waals surface area (Å²) in [6.07, 6.45) is 5.35. The van der Waals surface area contributed by atoms with Gasteiger partial charge in [-0.1, -0.05) is 64.1 Å². The molecule has 0 saturated heterocycles. The second-order valence-corrected chi connectivity index (χ2v) is 8.75. The summed E-state index contributed by atoms with van der Waals surface area (Å²) < 4.78 is 0. The highest BCUT2D eigenvalue weighted by atomic mass is 14.6. The Morgan fingerprint density at radius 3 is 2.50 bits per heavy atom. The minimum Gasteiger partial charge on any atom is -0.0616 e. The van der Waals surface area contributed by atoms with Crippen molar-refractivity contribution in [1.82, 2.24) is 0 Å². The highest BCUT2D eigenvalue weighted by Gasteiger charge is 2.51. The monoisotopic (exact) mass is 292 g/mol. The molecule has 22 heavy (non-hydrogen) atoms. The first kappa shape index (κ1) is 14.3. The Hall–Kier alpha value is -1.30. The zero-order chi connectivity index (χ0) is 15.5. The lowest BCUT2D eigenvalue weighted by Crippen LogP contribution is -2.47. The van der Waals surface area contributed by atoms with Crippen molar-refractivity contribution in [3.63, 3.8) is 0 Å². The van der Waals surface area contributed by atoms with Crippen molar-refractivity contribution in [2.75, 3.05) is 0 Å². The Bertz CT molecular complexity index is 720. The molecule has 0 aliphatic heterocycles. The Morgan fingerprint density at radius 2 is 1.68 bits per heavy atom. The zero-order valence-corrected chi connectivity index (χ0v) is 14.4. The lowest BCUT2D eigenvalue weighted by Gasteiger charge is -2.56. The van der Waals surface area contributed by atoms with E-state index in [1.54, 1.807) is 11.1 Å². The number of hydrogen-bond donors (Lipinski definition) is 0. The van der Waals surface area contributed by atoms with Crippen LogP contribution >= 0.6 is 0 Å². The topological polar surface area (TPSA) is 0 Å². The van der Waals surface area contributed by atoms with Crippen LogP contribution in [0.15, 0.2) is 36.4 Å². The van der Waals surface area contributed by atoms with Gasteiger partial charge in [-0.05, 0) is 70.2 Å². The van der Waals surface area contributed by atoms with Crippen LogP contribution in [0.3, 0.4) is 0 Å². The molecule has 0 radical (unpaired) electrons. The Morgan fingerprint density at radius 1 is 0.909 bits per heavy atom. The molecule has 0 heterocycles. The van der Waals surface area contributed by atoms with Crippen LogP contribution in [0.25, 0.3) is 10.8 Å². The minimum absolute atomic E-state index is 0.430. The number of rotatable bonds is 0. The summed E-state index contributed by atoms with van der Waals surface area (Å²) in [6, 6.07) is 13.7. The summed E-state index contributed by atoms with van der Waals surface area (Å²) in [5, 5.41) is 2.91. The first-order valence-electron chi connectivity index (χ1n) is 8.92. The first-order chi connectivity index (χ1) is 10.4. The van der Waals surface area contributed by atoms with Crippen LogP contribution in [-0.4, -0.2) is 0 Å². The molecule has 0 N–H and O–H groups in total. The van der Waals surface area contributed by atoms with Gasteiger partial charge in [-0.25, -0.2) is 0 Å². The SMILES string of the molecule is CC1(C)CCC2c3ccc4ccccc4c3CCC2C1(C)C. The van der Waals surface area contributed by atoms with Gasteiger partial charge in [0.25, 0.3) is 0 Å². The molecule has 2 atom stereocenters. The van der Waals surface area contributed by atoms with Gasteiger partial charge in [0.1, 0.15) is 0 Å². The van der Waals surface area contributed by atoms with Crippen molar-refractivity contribution in [2.24, 2.45) is 16.7 Å². The number of fused-ring (bicyclic) bond motifs is 5. The normalized spacial score (nSPS) is 28.9. The minimum atomic E-state index is 0.430. The second-order valence-electron chi connectivity index (χ2n) is 8.75. The number of benzene rings is 2. The van der Waals surface area contributed by atoms with Gasteiger partial charge >= 0.3 is 0 Å². The molecule has 0 aromatic heterocycles. The fourth-order valence-electron chi connectivity index (χ4n) is 5.26. The molecule has 2 aromatic rings. The van der Waals surface area contributed by atoms with Crippen molar-refractivity contribution in [1.29, 1.82) is 0 Å². The van der Waals surface area contributed by atoms with Gasteiger partial charge in [0.15, 0.2) is 0 Å². The summed E-state index contributed by atoms with van der Waals surface area (Å²) in [6.45, 7) is 10.0. The van der Waals surface area contributed by atoms with E-state index in [-0.39, 0.29) is 0 Å². The van der Waals surface area contributed by atoms with Crippen LogP contribution in [0.1, 0.15) is 64.0 Å². The van der Waals surface area contributed by atoms with Crippen molar-refractivity contribution in [2.45, 2.75) is 59.3 Å². The van der Waals surface area contributed by atoms with E-state index in [9.17, 15) is 0 Å². The summed E-state index contributed by atoms with van der Waals surface area (Å²) >= 11 is 0. The van der Waals surface area contributed by atoms with E-state index >= 15 is 0 Å². The number of hydrogen-bond acceptors (Lipinski definition) is 0. The van der Waals surface area contributed by atoms with Crippen LogP contribution in [0.5, 0.6) is 0 Å². The highest BCUT2D eigenvalue weighted by molar-refractivity contribution is 5.87. The molecule has 1 fully saturated rings. The zero-order valence-electron chi connectivity index (χ0n) is 14.4. The van der Waals surface area contributed by atoms with Gasteiger partial charge in [-0.3, -0.25) is 0 Å². The predicted octanol–water partition coefficient (Wildman–Crippen LogP) is 6.33. The molecule has 2 aliphatic carbocycles. The molecule has 4 rings (SSSR count). The molecule has 116 valence electrons. The Labute approximate surface area is 134 Å². The molecule has 0 bridgehead atoms. The Kier molecular flexibility index (Phi) is 2.99. The summed E-state index contributed by atoms with van der Waals surface area (Å²) in [7, 11) is 0. The van der Waals surface area contributed by atoms with Gasteiger partial charge in [-0.15, -0.1) is 0 Å². The molecule has 0 nitrogen and oxygen atoms in total. The van der Waals surface area contributed by atoms with Crippen LogP contribution < -0.4 is 0 Å². The third-order valence-corrected chi connectivity index (χ3v) is 7.42. The number of aryl methyl sites for hydroxylation is 1. The second kappa shape index (κ2) is 4.60. The highest BCUT2D eigenvalue weighted by Crippen LogP contribution is 2.61. The maximum absolute atomic E-state index is 2.52. The molecular formula is C22H28. The van der Waals surface area contributed by atoms with Crippen molar-refractivity contribution in [3.05, 3.63) is 47.5 Å². The summed E-state index contributed by atoms with van der Waals surface area (Å²) in [5.41, 5.74) is 4.20. The Balaban J connectivity index is 1.85. The van der Waals surface area contributed by atoms with Crippen molar-refractivity contribution >= 4 is 10.8 Å². The molecule has 0 amide bonds. The van der Waals surface area contributed by atoms with Gasteiger partial charge in [0, 0.05) is 0 Å². The molecule has 1 saturated carbocycles.